The normalized spacial score (nSPS) is 13.6. The lowest BCUT2D eigenvalue weighted by Gasteiger charge is -2.35. The number of nitrogens with two attached hydrogens (primary N) is 3. The minimum Gasteiger partial charge on any atom is -0.406 e. The maximum atomic E-state index is 12.3. The second-order valence-corrected chi connectivity index (χ2v) is 8.28. The number of allylic oxidation sites excluding steroid dienone is 2. The second kappa shape index (κ2) is 10.9. The van der Waals surface area contributed by atoms with Crippen LogP contribution in [0.3, 0.4) is 0 Å². The Kier molecular flexibility index (Phi) is 8.64. The number of aromatic nitrogens is 2. The molecule has 0 radical (unpaired) electrons. The van der Waals surface area contributed by atoms with Gasteiger partial charge in [0.25, 0.3) is 5.79 Å². The van der Waals surface area contributed by atoms with Crippen molar-refractivity contribution in [2.75, 3.05) is 5.73 Å². The number of hydrogen-bond donors (Lipinski definition) is 8. The SMILES string of the molecule is N/C(=C\C=C(/N)NC(=O)Cc1cccc(OC(F)(F)F)c1)C(O)(O)C(O)(O)CCc1nnc(N)s1. The number of anilines is 1. The molecule has 0 aliphatic rings. The second-order valence-electron chi connectivity index (χ2n) is 7.19. The largest absolute Gasteiger partial charge is 0.573 e. The van der Waals surface area contributed by atoms with Crippen LogP contribution in [0.2, 0.25) is 0 Å². The zero-order valence-corrected chi connectivity index (χ0v) is 18.7. The van der Waals surface area contributed by atoms with Crippen molar-refractivity contribution in [2.45, 2.75) is 37.2 Å². The van der Waals surface area contributed by atoms with Crippen LogP contribution in [0, 0.1) is 0 Å². The van der Waals surface area contributed by atoms with Crippen LogP contribution >= 0.6 is 11.3 Å². The van der Waals surface area contributed by atoms with Gasteiger partial charge in [-0.1, -0.05) is 23.5 Å². The summed E-state index contributed by atoms with van der Waals surface area (Å²) in [6.07, 6.45) is -4.20. The van der Waals surface area contributed by atoms with E-state index in [0.717, 1.165) is 35.6 Å². The topological polar surface area (TPSA) is 223 Å². The molecule has 0 atom stereocenters. The van der Waals surface area contributed by atoms with E-state index < -0.39 is 41.7 Å². The van der Waals surface area contributed by atoms with Crippen molar-refractivity contribution in [2.24, 2.45) is 11.5 Å². The Morgan fingerprint density at radius 2 is 1.83 bits per heavy atom. The molecule has 35 heavy (non-hydrogen) atoms. The van der Waals surface area contributed by atoms with E-state index >= 15 is 0 Å². The molecule has 0 spiro atoms. The molecule has 11 N–H and O–H groups in total. The number of halogens is 3. The number of carbonyl (C=O) groups is 1. The van der Waals surface area contributed by atoms with Gasteiger partial charge in [-0.2, -0.15) is 0 Å². The fourth-order valence-electron chi connectivity index (χ4n) is 2.63. The van der Waals surface area contributed by atoms with E-state index in [1.165, 1.54) is 12.1 Å². The number of carbonyl (C=O) groups excluding carboxylic acids is 1. The third kappa shape index (κ3) is 8.37. The summed E-state index contributed by atoms with van der Waals surface area (Å²) in [7, 11) is 0. The maximum Gasteiger partial charge on any atom is 0.573 e. The molecule has 1 aromatic carbocycles. The lowest BCUT2D eigenvalue weighted by atomic mass is 9.97. The fourth-order valence-corrected chi connectivity index (χ4v) is 3.24. The number of benzene rings is 1. The van der Waals surface area contributed by atoms with Crippen molar-refractivity contribution in [1.29, 1.82) is 0 Å². The molecule has 0 unspecified atom stereocenters. The molecule has 192 valence electrons. The van der Waals surface area contributed by atoms with Gasteiger partial charge < -0.3 is 47.7 Å². The van der Waals surface area contributed by atoms with Crippen LogP contribution in [-0.4, -0.2) is 54.5 Å². The van der Waals surface area contributed by atoms with Crippen molar-refractivity contribution in [3.63, 3.8) is 0 Å². The molecule has 1 aromatic heterocycles. The van der Waals surface area contributed by atoms with Crippen molar-refractivity contribution in [1.82, 2.24) is 15.5 Å². The van der Waals surface area contributed by atoms with Gasteiger partial charge in [0.05, 0.1) is 12.1 Å². The molecule has 0 fully saturated rings. The smallest absolute Gasteiger partial charge is 0.406 e. The molecule has 2 rings (SSSR count). The molecule has 0 saturated heterocycles. The van der Waals surface area contributed by atoms with Gasteiger partial charge in [-0.15, -0.1) is 23.4 Å². The molecule has 1 amide bonds. The van der Waals surface area contributed by atoms with E-state index in [4.69, 9.17) is 17.2 Å². The summed E-state index contributed by atoms with van der Waals surface area (Å²) in [4.78, 5) is 12.1. The quantitative estimate of drug-likeness (QED) is 0.145. The van der Waals surface area contributed by atoms with Gasteiger partial charge in [-0.3, -0.25) is 4.79 Å². The van der Waals surface area contributed by atoms with Crippen LogP contribution in [-0.2, 0) is 17.6 Å². The number of rotatable bonds is 10. The highest BCUT2D eigenvalue weighted by Gasteiger charge is 2.49. The number of nitrogens with zero attached hydrogens (tertiary/aromatic N) is 2. The van der Waals surface area contributed by atoms with E-state index in [0.29, 0.717) is 5.01 Å². The lowest BCUT2D eigenvalue weighted by Crippen LogP contribution is -2.57. The predicted molar refractivity (Wildman–Crippen MR) is 116 cm³/mol. The van der Waals surface area contributed by atoms with Crippen LogP contribution in [0.5, 0.6) is 5.75 Å². The third-order valence-corrected chi connectivity index (χ3v) is 5.17. The maximum absolute atomic E-state index is 12.3. The van der Waals surface area contributed by atoms with Crippen molar-refractivity contribution in [3.05, 3.63) is 58.5 Å². The Labute approximate surface area is 200 Å². The van der Waals surface area contributed by atoms with Crippen molar-refractivity contribution < 1.29 is 43.1 Å². The Morgan fingerprint density at radius 1 is 1.14 bits per heavy atom. The van der Waals surface area contributed by atoms with Crippen molar-refractivity contribution in [3.8, 4) is 5.75 Å². The van der Waals surface area contributed by atoms with Gasteiger partial charge in [0.1, 0.15) is 16.6 Å². The predicted octanol–water partition coefficient (Wildman–Crippen LogP) is -0.685. The minimum absolute atomic E-state index is 0.110. The molecule has 0 saturated carbocycles. The Morgan fingerprint density at radius 3 is 2.43 bits per heavy atom. The number of aliphatic hydroxyl groups is 4. The summed E-state index contributed by atoms with van der Waals surface area (Å²) in [6.45, 7) is 0. The van der Waals surface area contributed by atoms with Crippen LogP contribution in [0.15, 0.2) is 47.9 Å². The molecule has 0 aliphatic carbocycles. The van der Waals surface area contributed by atoms with E-state index in [9.17, 15) is 38.4 Å². The summed E-state index contributed by atoms with van der Waals surface area (Å²) >= 11 is 0.972. The summed E-state index contributed by atoms with van der Waals surface area (Å²) in [5, 5.41) is 50.4. The fraction of sp³-hybridized carbons (Fsp3) is 0.316. The van der Waals surface area contributed by atoms with E-state index in [1.54, 1.807) is 0 Å². The molecule has 0 aliphatic heterocycles. The zero-order chi connectivity index (χ0) is 26.4. The first kappa shape index (κ1) is 27.8. The first-order chi connectivity index (χ1) is 16.1. The highest BCUT2D eigenvalue weighted by Crippen LogP contribution is 2.28. The van der Waals surface area contributed by atoms with E-state index in [2.05, 4.69) is 20.3 Å². The van der Waals surface area contributed by atoms with Crippen molar-refractivity contribution >= 4 is 22.4 Å². The molecule has 16 heteroatoms. The van der Waals surface area contributed by atoms with Gasteiger partial charge >= 0.3 is 6.36 Å². The Hall–Kier alpha value is -3.44. The molecule has 0 bridgehead atoms. The minimum atomic E-state index is -4.89. The van der Waals surface area contributed by atoms with Gasteiger partial charge in [-0.25, -0.2) is 0 Å². The van der Waals surface area contributed by atoms with Gasteiger partial charge in [0.2, 0.25) is 16.8 Å². The van der Waals surface area contributed by atoms with Gasteiger partial charge in [0, 0.05) is 12.8 Å². The van der Waals surface area contributed by atoms with Crippen LogP contribution in [0.4, 0.5) is 18.3 Å². The number of ether oxygens (including phenoxy) is 1. The number of nitrogen functional groups attached to an aromatic ring is 1. The average molecular weight is 520 g/mol. The molecule has 2 aromatic rings. The first-order valence-corrected chi connectivity index (χ1v) is 10.5. The number of amides is 1. The summed E-state index contributed by atoms with van der Waals surface area (Å²) in [5.41, 5.74) is 16.0. The highest BCUT2D eigenvalue weighted by atomic mass is 32.1. The summed E-state index contributed by atoms with van der Waals surface area (Å²) < 4.78 is 40.7. The standard InChI is InChI=1S/C19H23F3N6O6S/c20-19(21,22)34-11-3-1-2-10(8-11)9-14(29)26-13(24)5-4-12(23)18(32,33)17(30,31)7-6-15-27-28-16(25)35-15/h1-5,8,30-33H,6-7,9,23-24H2,(H2,25,28)(H,26,29)/b12-4-,13-5+. The number of aryl methyl sites for hydroxylation is 1. The number of alkyl halides is 3. The van der Waals surface area contributed by atoms with Crippen LogP contribution in [0.25, 0.3) is 0 Å². The van der Waals surface area contributed by atoms with Gasteiger partial charge in [-0.05, 0) is 29.8 Å². The lowest BCUT2D eigenvalue weighted by molar-refractivity contribution is -0.340. The van der Waals surface area contributed by atoms with E-state index in [-0.39, 0.29) is 29.4 Å². The molecule has 12 nitrogen and oxygen atoms in total. The Bertz CT molecular complexity index is 1100. The molecule has 1 heterocycles. The Balaban J connectivity index is 1.99. The molecular formula is C19H23F3N6O6S. The molecular weight excluding hydrogens is 497 g/mol. The average Bonchev–Trinajstić information content (AvgIpc) is 3.14. The zero-order valence-electron chi connectivity index (χ0n) is 17.9. The monoisotopic (exact) mass is 520 g/mol. The summed E-state index contributed by atoms with van der Waals surface area (Å²) in [5.74, 6) is -7.98. The number of hydrogen-bond acceptors (Lipinski definition) is 12. The highest BCUT2D eigenvalue weighted by molar-refractivity contribution is 7.15. The number of nitrogens with one attached hydrogen (secondary N) is 1. The van der Waals surface area contributed by atoms with E-state index in [1.807, 2.05) is 0 Å². The summed E-state index contributed by atoms with van der Waals surface area (Å²) in [6, 6.07) is 4.75. The first-order valence-electron chi connectivity index (χ1n) is 9.64. The van der Waals surface area contributed by atoms with Crippen LogP contribution in [0.1, 0.15) is 17.0 Å². The van der Waals surface area contributed by atoms with Crippen LogP contribution < -0.4 is 27.3 Å². The third-order valence-electron chi connectivity index (χ3n) is 4.35. The van der Waals surface area contributed by atoms with Gasteiger partial charge in [0.15, 0.2) is 0 Å².